The SMILES string of the molecule is Fc1ccc(-c2nc(N3CC4CC4C3)sc2-c2ccc(S)cc2)c(F)c1. The van der Waals surface area contributed by atoms with Crippen LogP contribution in [-0.2, 0) is 0 Å². The molecule has 1 aliphatic carbocycles. The summed E-state index contributed by atoms with van der Waals surface area (Å²) in [6, 6.07) is 11.4. The van der Waals surface area contributed by atoms with Crippen LogP contribution < -0.4 is 4.90 Å². The van der Waals surface area contributed by atoms with E-state index in [2.05, 4.69) is 17.5 Å². The van der Waals surface area contributed by atoms with Crippen LogP contribution in [0.1, 0.15) is 6.42 Å². The monoisotopic (exact) mass is 386 g/mol. The van der Waals surface area contributed by atoms with Gasteiger partial charge in [-0.2, -0.15) is 0 Å². The Morgan fingerprint density at radius 1 is 1.04 bits per heavy atom. The third kappa shape index (κ3) is 2.81. The highest BCUT2D eigenvalue weighted by atomic mass is 32.1. The number of halogens is 2. The third-order valence-electron chi connectivity index (χ3n) is 5.18. The zero-order valence-corrected chi connectivity index (χ0v) is 15.5. The molecule has 3 aromatic rings. The van der Waals surface area contributed by atoms with E-state index in [1.165, 1.54) is 18.6 Å². The van der Waals surface area contributed by atoms with Gasteiger partial charge in [0.2, 0.25) is 0 Å². The molecule has 2 atom stereocenters. The molecule has 5 rings (SSSR count). The molecule has 0 spiro atoms. The van der Waals surface area contributed by atoms with Gasteiger partial charge in [-0.25, -0.2) is 13.8 Å². The minimum Gasteiger partial charge on any atom is -0.347 e. The Bertz CT molecular complexity index is 974. The second-order valence-electron chi connectivity index (χ2n) is 7.01. The van der Waals surface area contributed by atoms with Crippen LogP contribution in [0.15, 0.2) is 47.4 Å². The molecule has 6 heteroatoms. The molecule has 2 nitrogen and oxygen atoms in total. The third-order valence-corrected chi connectivity index (χ3v) is 6.64. The van der Waals surface area contributed by atoms with Crippen LogP contribution in [0.4, 0.5) is 13.9 Å². The van der Waals surface area contributed by atoms with E-state index in [-0.39, 0.29) is 0 Å². The largest absolute Gasteiger partial charge is 0.347 e. The standard InChI is InChI=1S/C20H16F2N2S2/c21-14-3-6-16(17(22)8-14)18-19(11-1-4-15(25)5-2-11)26-20(23-18)24-9-12-7-13(12)10-24/h1-6,8,12-13,25H,7,9-10H2. The molecule has 0 amide bonds. The summed E-state index contributed by atoms with van der Waals surface area (Å²) in [6.07, 6.45) is 1.32. The molecule has 0 bridgehead atoms. The first-order valence-corrected chi connectivity index (χ1v) is 9.85. The van der Waals surface area contributed by atoms with E-state index in [0.717, 1.165) is 51.5 Å². The zero-order chi connectivity index (χ0) is 17.8. The minimum atomic E-state index is -0.585. The summed E-state index contributed by atoms with van der Waals surface area (Å²) >= 11 is 5.91. The van der Waals surface area contributed by atoms with Gasteiger partial charge in [-0.15, -0.1) is 12.6 Å². The van der Waals surface area contributed by atoms with E-state index in [0.29, 0.717) is 11.3 Å². The van der Waals surface area contributed by atoms with E-state index in [4.69, 9.17) is 4.98 Å². The number of rotatable bonds is 3. The summed E-state index contributed by atoms with van der Waals surface area (Å²) in [5.74, 6) is 0.411. The molecule has 26 heavy (non-hydrogen) atoms. The highest BCUT2D eigenvalue weighted by Crippen LogP contribution is 2.49. The molecule has 2 unspecified atom stereocenters. The van der Waals surface area contributed by atoms with E-state index in [9.17, 15) is 8.78 Å². The molecule has 132 valence electrons. The van der Waals surface area contributed by atoms with Gasteiger partial charge >= 0.3 is 0 Å². The van der Waals surface area contributed by atoms with Gasteiger partial charge in [0.1, 0.15) is 11.6 Å². The van der Waals surface area contributed by atoms with Gasteiger partial charge in [-0.3, -0.25) is 0 Å². The van der Waals surface area contributed by atoms with E-state index >= 15 is 0 Å². The van der Waals surface area contributed by atoms with Gasteiger partial charge in [-0.05, 0) is 48.1 Å². The van der Waals surface area contributed by atoms with Crippen LogP contribution in [0.25, 0.3) is 21.7 Å². The lowest BCUT2D eigenvalue weighted by Gasteiger charge is -2.15. The van der Waals surface area contributed by atoms with Gasteiger partial charge in [0.15, 0.2) is 5.13 Å². The second-order valence-corrected chi connectivity index (χ2v) is 8.50. The van der Waals surface area contributed by atoms with Crippen LogP contribution >= 0.6 is 24.0 Å². The van der Waals surface area contributed by atoms with Crippen molar-refractivity contribution in [3.63, 3.8) is 0 Å². The Kier molecular flexibility index (Phi) is 3.79. The van der Waals surface area contributed by atoms with Gasteiger partial charge in [0, 0.05) is 29.6 Å². The first-order chi connectivity index (χ1) is 12.6. The predicted molar refractivity (Wildman–Crippen MR) is 104 cm³/mol. The smallest absolute Gasteiger partial charge is 0.186 e. The van der Waals surface area contributed by atoms with Crippen molar-refractivity contribution in [1.29, 1.82) is 0 Å². The van der Waals surface area contributed by atoms with Crippen molar-refractivity contribution >= 4 is 29.1 Å². The van der Waals surface area contributed by atoms with Crippen LogP contribution in [0, 0.1) is 23.5 Å². The average Bonchev–Trinajstić information content (AvgIpc) is 3.04. The molecular formula is C20H16F2N2S2. The number of hydrogen-bond donors (Lipinski definition) is 1. The summed E-state index contributed by atoms with van der Waals surface area (Å²) < 4.78 is 27.8. The molecule has 2 heterocycles. The fraction of sp³-hybridized carbons (Fsp3) is 0.250. The lowest BCUT2D eigenvalue weighted by atomic mass is 10.1. The number of thiazole rings is 1. The number of thiol groups is 1. The first kappa shape index (κ1) is 16.3. The lowest BCUT2D eigenvalue weighted by Crippen LogP contribution is -2.21. The number of aromatic nitrogens is 1. The van der Waals surface area contributed by atoms with Crippen molar-refractivity contribution in [2.75, 3.05) is 18.0 Å². The van der Waals surface area contributed by atoms with Crippen LogP contribution in [0.3, 0.4) is 0 Å². The summed E-state index contributed by atoms with van der Waals surface area (Å²) in [5.41, 5.74) is 1.88. The number of nitrogens with zero attached hydrogens (tertiary/aromatic N) is 2. The zero-order valence-electron chi connectivity index (χ0n) is 13.8. The Morgan fingerprint density at radius 3 is 2.46 bits per heavy atom. The summed E-state index contributed by atoms with van der Waals surface area (Å²) in [4.78, 5) is 8.84. The number of hydrogen-bond acceptors (Lipinski definition) is 4. The highest BCUT2D eigenvalue weighted by Gasteiger charge is 2.46. The Labute approximate surface area is 159 Å². The molecule has 0 radical (unpaired) electrons. The van der Waals surface area contributed by atoms with Crippen LogP contribution in [0.5, 0.6) is 0 Å². The van der Waals surface area contributed by atoms with Crippen LogP contribution in [0.2, 0.25) is 0 Å². The maximum atomic E-state index is 14.5. The van der Waals surface area contributed by atoms with Gasteiger partial charge < -0.3 is 4.90 Å². The maximum Gasteiger partial charge on any atom is 0.186 e. The number of fused-ring (bicyclic) bond motifs is 1. The molecular weight excluding hydrogens is 370 g/mol. The number of benzene rings is 2. The molecule has 2 aromatic carbocycles. The van der Waals surface area contributed by atoms with E-state index in [1.54, 1.807) is 11.3 Å². The fourth-order valence-electron chi connectivity index (χ4n) is 3.67. The van der Waals surface area contributed by atoms with Crippen molar-refractivity contribution in [3.8, 4) is 21.7 Å². The molecule has 1 saturated carbocycles. The van der Waals surface area contributed by atoms with Gasteiger partial charge in [-0.1, -0.05) is 23.5 Å². The van der Waals surface area contributed by atoms with Gasteiger partial charge in [0.25, 0.3) is 0 Å². The number of anilines is 1. The second kappa shape index (κ2) is 6.06. The maximum absolute atomic E-state index is 14.5. The normalized spacial score (nSPS) is 21.1. The average molecular weight is 386 g/mol. The summed E-state index contributed by atoms with van der Waals surface area (Å²) in [5, 5.41) is 0.917. The lowest BCUT2D eigenvalue weighted by molar-refractivity contribution is 0.585. The minimum absolute atomic E-state index is 0.336. The highest BCUT2D eigenvalue weighted by molar-refractivity contribution is 7.80. The van der Waals surface area contributed by atoms with Crippen LogP contribution in [-0.4, -0.2) is 18.1 Å². The van der Waals surface area contributed by atoms with Crippen molar-refractivity contribution in [2.45, 2.75) is 11.3 Å². The van der Waals surface area contributed by atoms with E-state index in [1.807, 2.05) is 24.3 Å². The van der Waals surface area contributed by atoms with Crippen molar-refractivity contribution in [3.05, 3.63) is 54.1 Å². The van der Waals surface area contributed by atoms with Crippen molar-refractivity contribution in [2.24, 2.45) is 11.8 Å². The predicted octanol–water partition coefficient (Wildman–Crippen LogP) is 5.50. The molecule has 1 saturated heterocycles. The van der Waals surface area contributed by atoms with Crippen molar-refractivity contribution in [1.82, 2.24) is 4.98 Å². The topological polar surface area (TPSA) is 16.1 Å². The Balaban J connectivity index is 1.63. The Hall–Kier alpha value is -1.92. The van der Waals surface area contributed by atoms with E-state index < -0.39 is 11.6 Å². The number of piperidine rings is 1. The van der Waals surface area contributed by atoms with Crippen molar-refractivity contribution < 1.29 is 8.78 Å². The molecule has 2 fully saturated rings. The quantitative estimate of drug-likeness (QED) is 0.598. The molecule has 1 aliphatic heterocycles. The molecule has 1 aromatic heterocycles. The molecule has 2 aliphatic rings. The fourth-order valence-corrected chi connectivity index (χ4v) is 4.92. The Morgan fingerprint density at radius 2 is 1.77 bits per heavy atom. The first-order valence-electron chi connectivity index (χ1n) is 8.59. The van der Waals surface area contributed by atoms with Gasteiger partial charge in [0.05, 0.1) is 10.6 Å². The summed E-state index contributed by atoms with van der Waals surface area (Å²) in [7, 11) is 0. The summed E-state index contributed by atoms with van der Waals surface area (Å²) in [6.45, 7) is 2.05. The molecule has 0 N–H and O–H groups in total.